The second-order valence-corrected chi connectivity index (χ2v) is 9.87. The summed E-state index contributed by atoms with van der Waals surface area (Å²) in [5, 5.41) is 35.9. The Hall–Kier alpha value is -4.46. The number of benzene rings is 1. The zero-order valence-corrected chi connectivity index (χ0v) is 22.9. The zero-order valence-electron chi connectivity index (χ0n) is 22.9. The molecule has 41 heavy (non-hydrogen) atoms. The molecule has 0 aliphatic carbocycles. The molecule has 0 fully saturated rings. The molecule has 0 saturated heterocycles. The average Bonchev–Trinajstić information content (AvgIpc) is 3.33. The van der Waals surface area contributed by atoms with Crippen LogP contribution in [0.2, 0.25) is 0 Å². The van der Waals surface area contributed by atoms with Crippen molar-refractivity contribution >= 4 is 46.5 Å². The number of nitrogens with two attached hydrogens (primary N) is 1. The van der Waals surface area contributed by atoms with Gasteiger partial charge in [-0.05, 0) is 30.4 Å². The fraction of sp³-hybridized carbons (Fsp3) is 0.481. The van der Waals surface area contributed by atoms with Gasteiger partial charge in [-0.15, -0.1) is 0 Å². The number of rotatable bonds is 17. The van der Waals surface area contributed by atoms with Gasteiger partial charge < -0.3 is 42.0 Å². The summed E-state index contributed by atoms with van der Waals surface area (Å²) in [6.07, 6.45) is 0.639. The molecule has 2 rings (SSSR count). The molecule has 0 spiro atoms. The lowest BCUT2D eigenvalue weighted by atomic mass is 9.96. The third-order valence-corrected chi connectivity index (χ3v) is 6.79. The average molecular weight is 576 g/mol. The van der Waals surface area contributed by atoms with Crippen LogP contribution in [0.4, 0.5) is 0 Å². The Balaban J connectivity index is 2.19. The Kier molecular flexibility index (Phi) is 12.3. The molecule has 0 bridgehead atoms. The number of aromatic amines is 1. The van der Waals surface area contributed by atoms with Gasteiger partial charge in [-0.25, -0.2) is 4.79 Å². The summed E-state index contributed by atoms with van der Waals surface area (Å²) in [4.78, 5) is 76.0. The first-order valence-corrected chi connectivity index (χ1v) is 13.2. The lowest BCUT2D eigenvalue weighted by molar-refractivity contribution is -0.142. The highest BCUT2D eigenvalue weighted by Gasteiger charge is 2.33. The van der Waals surface area contributed by atoms with Crippen molar-refractivity contribution in [1.29, 1.82) is 0 Å². The summed E-state index contributed by atoms with van der Waals surface area (Å²) in [6, 6.07) is 2.11. The van der Waals surface area contributed by atoms with E-state index >= 15 is 0 Å². The number of H-pyrrole nitrogens is 1. The maximum atomic E-state index is 13.3. The minimum absolute atomic E-state index is 0.0300. The Bertz CT molecular complexity index is 1260. The molecule has 5 unspecified atom stereocenters. The highest BCUT2D eigenvalue weighted by molar-refractivity contribution is 5.94. The quantitative estimate of drug-likeness (QED) is 0.129. The molecule has 0 aliphatic rings. The molecule has 3 amide bonds. The number of nitrogens with one attached hydrogen (secondary N) is 4. The predicted octanol–water partition coefficient (Wildman–Crippen LogP) is 0.352. The van der Waals surface area contributed by atoms with Crippen molar-refractivity contribution in [2.45, 2.75) is 76.5 Å². The van der Waals surface area contributed by atoms with E-state index in [4.69, 9.17) is 15.9 Å². The normalized spacial score (nSPS) is 14.7. The highest BCUT2D eigenvalue weighted by atomic mass is 16.4. The number of aromatic nitrogens is 1. The van der Waals surface area contributed by atoms with Crippen LogP contribution in [0.15, 0.2) is 30.5 Å². The van der Waals surface area contributed by atoms with E-state index in [1.54, 1.807) is 26.1 Å². The smallest absolute Gasteiger partial charge is 0.326 e. The van der Waals surface area contributed by atoms with E-state index in [2.05, 4.69) is 20.9 Å². The van der Waals surface area contributed by atoms with Gasteiger partial charge in [-0.1, -0.05) is 38.5 Å². The van der Waals surface area contributed by atoms with E-state index in [1.807, 2.05) is 18.2 Å². The van der Waals surface area contributed by atoms with Crippen molar-refractivity contribution in [2.24, 2.45) is 11.7 Å². The molecule has 224 valence electrons. The molecule has 14 nitrogen and oxygen atoms in total. The number of carbonyl (C=O) groups excluding carboxylic acids is 3. The molecular weight excluding hydrogens is 538 g/mol. The molecular formula is C27H37N5O9. The van der Waals surface area contributed by atoms with Crippen molar-refractivity contribution in [2.75, 3.05) is 0 Å². The summed E-state index contributed by atoms with van der Waals surface area (Å²) in [5.74, 6) is -6.62. The van der Waals surface area contributed by atoms with Crippen LogP contribution in [0.5, 0.6) is 0 Å². The standard InChI is InChI=1S/C27H37N5O9/c1-3-14(2)23(26(39)31-20(27(40)41)12-15-13-29-18-7-5-4-6-16(15)18)32-25(38)19(9-11-22(35)36)30-24(37)17(28)8-10-21(33)34/h4-7,13-14,17,19-20,23,29H,3,8-12,28H2,1-2H3,(H,30,37)(H,31,39)(H,32,38)(H,33,34)(H,35,36)(H,40,41). The maximum Gasteiger partial charge on any atom is 0.326 e. The molecule has 1 aromatic heterocycles. The van der Waals surface area contributed by atoms with Gasteiger partial charge in [-0.3, -0.25) is 24.0 Å². The van der Waals surface area contributed by atoms with Crippen LogP contribution in [0.1, 0.15) is 51.5 Å². The second kappa shape index (κ2) is 15.4. The first-order chi connectivity index (χ1) is 19.3. The number of carboxylic acids is 3. The Labute approximate surface area is 236 Å². The van der Waals surface area contributed by atoms with Gasteiger partial charge in [0.05, 0.1) is 6.04 Å². The number of hydrogen-bond donors (Lipinski definition) is 8. The largest absolute Gasteiger partial charge is 0.481 e. The summed E-state index contributed by atoms with van der Waals surface area (Å²) in [6.45, 7) is 3.44. The fourth-order valence-corrected chi connectivity index (χ4v) is 4.16. The number of hydrogen-bond acceptors (Lipinski definition) is 7. The number of carboxylic acid groups (broad SMARTS) is 3. The molecule has 2 aromatic rings. The van der Waals surface area contributed by atoms with E-state index in [0.29, 0.717) is 12.0 Å². The van der Waals surface area contributed by atoms with Crippen LogP contribution < -0.4 is 21.7 Å². The van der Waals surface area contributed by atoms with E-state index in [0.717, 1.165) is 10.9 Å². The molecule has 0 radical (unpaired) electrons. The van der Waals surface area contributed by atoms with Crippen LogP contribution in [-0.4, -0.2) is 80.1 Å². The SMILES string of the molecule is CCC(C)C(NC(=O)C(CCC(=O)O)NC(=O)C(N)CCC(=O)O)C(=O)NC(Cc1c[nH]c2ccccc12)C(=O)O. The van der Waals surface area contributed by atoms with E-state index < -0.39 is 72.1 Å². The Morgan fingerprint density at radius 3 is 2.07 bits per heavy atom. The molecule has 0 saturated carbocycles. The number of para-hydroxylation sites is 1. The third kappa shape index (κ3) is 9.90. The number of amides is 3. The molecule has 5 atom stereocenters. The van der Waals surface area contributed by atoms with Crippen LogP contribution >= 0.6 is 0 Å². The summed E-state index contributed by atoms with van der Waals surface area (Å²) < 4.78 is 0. The minimum atomic E-state index is -1.39. The van der Waals surface area contributed by atoms with Crippen LogP contribution in [-0.2, 0) is 35.2 Å². The lowest BCUT2D eigenvalue weighted by Crippen LogP contribution is -2.59. The monoisotopic (exact) mass is 575 g/mol. The van der Waals surface area contributed by atoms with E-state index in [1.165, 1.54) is 0 Å². The molecule has 1 aromatic carbocycles. The predicted molar refractivity (Wildman–Crippen MR) is 147 cm³/mol. The van der Waals surface area contributed by atoms with Gasteiger partial charge in [0.2, 0.25) is 17.7 Å². The summed E-state index contributed by atoms with van der Waals surface area (Å²) >= 11 is 0. The number of fused-ring (bicyclic) bond motifs is 1. The lowest BCUT2D eigenvalue weighted by Gasteiger charge is -2.28. The minimum Gasteiger partial charge on any atom is -0.481 e. The molecule has 14 heteroatoms. The van der Waals surface area contributed by atoms with Crippen molar-refractivity contribution < 1.29 is 44.1 Å². The summed E-state index contributed by atoms with van der Waals surface area (Å²) in [5.41, 5.74) is 7.20. The first kappa shape index (κ1) is 32.8. The van der Waals surface area contributed by atoms with Gasteiger partial charge in [0.1, 0.15) is 18.1 Å². The van der Waals surface area contributed by atoms with Crippen molar-refractivity contribution in [3.8, 4) is 0 Å². The van der Waals surface area contributed by atoms with E-state index in [9.17, 15) is 33.9 Å². The van der Waals surface area contributed by atoms with Gasteiger partial charge in [0.15, 0.2) is 0 Å². The van der Waals surface area contributed by atoms with Crippen LogP contribution in [0.25, 0.3) is 10.9 Å². The van der Waals surface area contributed by atoms with Crippen LogP contribution in [0.3, 0.4) is 0 Å². The van der Waals surface area contributed by atoms with Crippen molar-refractivity contribution in [3.05, 3.63) is 36.0 Å². The van der Waals surface area contributed by atoms with Crippen LogP contribution in [0, 0.1) is 5.92 Å². The highest BCUT2D eigenvalue weighted by Crippen LogP contribution is 2.19. The topological polar surface area (TPSA) is 241 Å². The Morgan fingerprint density at radius 1 is 0.854 bits per heavy atom. The maximum absolute atomic E-state index is 13.3. The van der Waals surface area contributed by atoms with Gasteiger partial charge in [0.25, 0.3) is 0 Å². The molecule has 1 heterocycles. The second-order valence-electron chi connectivity index (χ2n) is 9.87. The van der Waals surface area contributed by atoms with Gasteiger partial charge in [0, 0.05) is 36.4 Å². The summed E-state index contributed by atoms with van der Waals surface area (Å²) in [7, 11) is 0. The van der Waals surface area contributed by atoms with Crippen molar-refractivity contribution in [3.63, 3.8) is 0 Å². The fourth-order valence-electron chi connectivity index (χ4n) is 4.16. The number of aliphatic carboxylic acids is 3. The number of carbonyl (C=O) groups is 6. The van der Waals surface area contributed by atoms with Crippen molar-refractivity contribution in [1.82, 2.24) is 20.9 Å². The third-order valence-electron chi connectivity index (χ3n) is 6.79. The van der Waals surface area contributed by atoms with E-state index in [-0.39, 0.29) is 25.7 Å². The molecule has 0 aliphatic heterocycles. The first-order valence-electron chi connectivity index (χ1n) is 13.2. The zero-order chi connectivity index (χ0) is 30.7. The van der Waals surface area contributed by atoms with Gasteiger partial charge >= 0.3 is 17.9 Å². The molecule has 9 N–H and O–H groups in total. The van der Waals surface area contributed by atoms with Gasteiger partial charge in [-0.2, -0.15) is 0 Å². The Morgan fingerprint density at radius 2 is 1.46 bits per heavy atom.